The van der Waals surface area contributed by atoms with E-state index in [1.54, 1.807) is 6.07 Å². The van der Waals surface area contributed by atoms with Gasteiger partial charge in [-0.2, -0.15) is 0 Å². The number of methoxy groups -OCH3 is 1. The van der Waals surface area contributed by atoms with Gasteiger partial charge in [0.1, 0.15) is 0 Å². The van der Waals surface area contributed by atoms with Crippen LogP contribution in [0.5, 0.6) is 5.75 Å². The molecule has 19 heavy (non-hydrogen) atoms. The Hall–Kier alpha value is -2.70. The van der Waals surface area contributed by atoms with Crippen LogP contribution in [0.3, 0.4) is 0 Å². The molecule has 0 aliphatic rings. The van der Waals surface area contributed by atoms with E-state index in [4.69, 9.17) is 9.84 Å². The van der Waals surface area contributed by atoms with E-state index in [1.165, 1.54) is 25.4 Å². The molecule has 7 heteroatoms. The number of nitro groups is 1. The highest BCUT2D eigenvalue weighted by atomic mass is 16.6. The zero-order chi connectivity index (χ0) is 14.0. The van der Waals surface area contributed by atoms with Gasteiger partial charge in [0.05, 0.1) is 24.1 Å². The van der Waals surface area contributed by atoms with Crippen molar-refractivity contribution in [2.75, 3.05) is 7.11 Å². The second-order valence-electron chi connectivity index (χ2n) is 3.83. The Morgan fingerprint density at radius 2 is 2.26 bits per heavy atom. The molecular formula is C12H10N2O5. The Bertz CT molecular complexity index is 668. The molecule has 1 aromatic carbocycles. The molecule has 98 valence electrons. The summed E-state index contributed by atoms with van der Waals surface area (Å²) in [6.07, 6.45) is 1.17. The number of benzene rings is 1. The zero-order valence-electron chi connectivity index (χ0n) is 9.99. The van der Waals surface area contributed by atoms with Crippen LogP contribution < -0.4 is 4.74 Å². The number of aromatic nitrogens is 1. The standard InChI is InChI=1S/C12H10N2O5/c1-19-11-4-7-2-3-13-9(6-12(15)16)8(7)5-10(11)14(17)18/h2-5H,6H2,1H3,(H,15,16). The summed E-state index contributed by atoms with van der Waals surface area (Å²) in [6.45, 7) is 0. The van der Waals surface area contributed by atoms with Crippen LogP contribution in [-0.2, 0) is 11.2 Å². The highest BCUT2D eigenvalue weighted by Crippen LogP contribution is 2.32. The van der Waals surface area contributed by atoms with Gasteiger partial charge in [-0.05, 0) is 17.5 Å². The number of carbonyl (C=O) groups is 1. The molecule has 7 nitrogen and oxygen atoms in total. The molecule has 0 fully saturated rings. The van der Waals surface area contributed by atoms with Gasteiger partial charge in [-0.1, -0.05) is 0 Å². The van der Waals surface area contributed by atoms with Crippen molar-refractivity contribution < 1.29 is 19.6 Å². The maximum Gasteiger partial charge on any atom is 0.311 e. The number of fused-ring (bicyclic) bond motifs is 1. The average Bonchev–Trinajstić information content (AvgIpc) is 2.36. The van der Waals surface area contributed by atoms with Crippen molar-refractivity contribution >= 4 is 22.4 Å². The topological polar surface area (TPSA) is 103 Å². The molecule has 0 unspecified atom stereocenters. The van der Waals surface area contributed by atoms with Gasteiger partial charge in [0.25, 0.3) is 0 Å². The fraction of sp³-hybridized carbons (Fsp3) is 0.167. The quantitative estimate of drug-likeness (QED) is 0.665. The van der Waals surface area contributed by atoms with Crippen molar-refractivity contribution in [2.24, 2.45) is 0 Å². The maximum absolute atomic E-state index is 10.9. The van der Waals surface area contributed by atoms with E-state index in [2.05, 4.69) is 4.98 Å². The Kier molecular flexibility index (Phi) is 3.28. The molecule has 0 aliphatic heterocycles. The number of nitrogens with zero attached hydrogens (tertiary/aromatic N) is 2. The molecular weight excluding hydrogens is 252 g/mol. The first-order valence-electron chi connectivity index (χ1n) is 5.34. The van der Waals surface area contributed by atoms with Crippen LogP contribution in [0.2, 0.25) is 0 Å². The molecule has 0 amide bonds. The predicted octanol–water partition coefficient (Wildman–Crippen LogP) is 1.78. The summed E-state index contributed by atoms with van der Waals surface area (Å²) in [7, 11) is 1.34. The van der Waals surface area contributed by atoms with Gasteiger partial charge >= 0.3 is 11.7 Å². The molecule has 0 bridgehead atoms. The number of carboxylic acids is 1. The van der Waals surface area contributed by atoms with Crippen LogP contribution in [0.25, 0.3) is 10.8 Å². The molecule has 1 aromatic heterocycles. The van der Waals surface area contributed by atoms with Gasteiger partial charge in [0, 0.05) is 17.6 Å². The summed E-state index contributed by atoms with van der Waals surface area (Å²) >= 11 is 0. The van der Waals surface area contributed by atoms with Crippen molar-refractivity contribution in [1.29, 1.82) is 0 Å². The largest absolute Gasteiger partial charge is 0.490 e. The number of hydrogen-bond acceptors (Lipinski definition) is 5. The van der Waals surface area contributed by atoms with Crippen LogP contribution in [0.4, 0.5) is 5.69 Å². The van der Waals surface area contributed by atoms with Gasteiger partial charge in [0.2, 0.25) is 0 Å². The van der Waals surface area contributed by atoms with Crippen molar-refractivity contribution in [1.82, 2.24) is 4.98 Å². The smallest absolute Gasteiger partial charge is 0.311 e. The molecule has 0 spiro atoms. The van der Waals surface area contributed by atoms with E-state index >= 15 is 0 Å². The Labute approximate surface area is 107 Å². The van der Waals surface area contributed by atoms with Crippen molar-refractivity contribution in [2.45, 2.75) is 6.42 Å². The van der Waals surface area contributed by atoms with Gasteiger partial charge in [-0.3, -0.25) is 19.9 Å². The Morgan fingerprint density at radius 3 is 2.84 bits per heavy atom. The number of aliphatic carboxylic acids is 1. The summed E-state index contributed by atoms with van der Waals surface area (Å²) in [5.41, 5.74) is 0.0744. The van der Waals surface area contributed by atoms with Crippen LogP contribution in [0, 0.1) is 10.1 Å². The van der Waals surface area contributed by atoms with Crippen LogP contribution in [0.15, 0.2) is 24.4 Å². The van der Waals surface area contributed by atoms with E-state index in [9.17, 15) is 14.9 Å². The summed E-state index contributed by atoms with van der Waals surface area (Å²) < 4.78 is 4.96. The highest BCUT2D eigenvalue weighted by molar-refractivity contribution is 5.90. The van der Waals surface area contributed by atoms with Crippen molar-refractivity contribution in [3.8, 4) is 5.75 Å². The molecule has 0 aliphatic carbocycles. The number of carboxylic acid groups (broad SMARTS) is 1. The molecule has 0 radical (unpaired) electrons. The minimum Gasteiger partial charge on any atom is -0.490 e. The van der Waals surface area contributed by atoms with Crippen LogP contribution in [-0.4, -0.2) is 28.1 Å². The Morgan fingerprint density at radius 1 is 1.53 bits per heavy atom. The lowest BCUT2D eigenvalue weighted by atomic mass is 10.1. The van der Waals surface area contributed by atoms with E-state index < -0.39 is 10.9 Å². The number of nitro benzene ring substituents is 1. The van der Waals surface area contributed by atoms with E-state index in [1.807, 2.05) is 0 Å². The second-order valence-corrected chi connectivity index (χ2v) is 3.83. The average molecular weight is 262 g/mol. The lowest BCUT2D eigenvalue weighted by Gasteiger charge is -2.06. The molecule has 1 N–H and O–H groups in total. The monoisotopic (exact) mass is 262 g/mol. The first kappa shape index (κ1) is 12.7. The first-order valence-corrected chi connectivity index (χ1v) is 5.34. The third-order valence-electron chi connectivity index (χ3n) is 2.66. The molecule has 1 heterocycles. The predicted molar refractivity (Wildman–Crippen MR) is 66.3 cm³/mol. The SMILES string of the molecule is COc1cc2ccnc(CC(=O)O)c2cc1[N+](=O)[O-]. The van der Waals surface area contributed by atoms with Gasteiger partial charge in [-0.15, -0.1) is 0 Å². The summed E-state index contributed by atoms with van der Waals surface area (Å²) in [5, 5.41) is 20.8. The van der Waals surface area contributed by atoms with Gasteiger partial charge in [0.15, 0.2) is 5.75 Å². The first-order chi connectivity index (χ1) is 9.02. The molecule has 0 saturated heterocycles. The van der Waals surface area contributed by atoms with E-state index in [-0.39, 0.29) is 23.6 Å². The lowest BCUT2D eigenvalue weighted by molar-refractivity contribution is -0.385. The van der Waals surface area contributed by atoms with E-state index in [0.29, 0.717) is 10.8 Å². The lowest BCUT2D eigenvalue weighted by Crippen LogP contribution is -2.03. The fourth-order valence-electron chi connectivity index (χ4n) is 1.84. The number of hydrogen-bond donors (Lipinski definition) is 1. The second kappa shape index (κ2) is 4.89. The third-order valence-corrected chi connectivity index (χ3v) is 2.66. The minimum atomic E-state index is -1.04. The fourth-order valence-corrected chi connectivity index (χ4v) is 1.84. The number of pyridine rings is 1. The van der Waals surface area contributed by atoms with Gasteiger partial charge in [-0.25, -0.2) is 0 Å². The summed E-state index contributed by atoms with van der Waals surface area (Å²) in [6, 6.07) is 4.44. The van der Waals surface area contributed by atoms with Crippen molar-refractivity contribution in [3.63, 3.8) is 0 Å². The molecule has 2 rings (SSSR count). The normalized spacial score (nSPS) is 10.4. The summed E-state index contributed by atoms with van der Waals surface area (Å²) in [4.78, 5) is 25.1. The summed E-state index contributed by atoms with van der Waals surface area (Å²) in [5.74, 6) is -0.913. The van der Waals surface area contributed by atoms with Gasteiger partial charge < -0.3 is 9.84 Å². The molecule has 0 atom stereocenters. The highest BCUT2D eigenvalue weighted by Gasteiger charge is 2.18. The van der Waals surface area contributed by atoms with Crippen LogP contribution >= 0.6 is 0 Å². The maximum atomic E-state index is 10.9. The third kappa shape index (κ3) is 2.44. The zero-order valence-corrected chi connectivity index (χ0v) is 9.99. The number of ether oxygens (including phenoxy) is 1. The van der Waals surface area contributed by atoms with Crippen LogP contribution in [0.1, 0.15) is 5.69 Å². The van der Waals surface area contributed by atoms with E-state index in [0.717, 1.165) is 0 Å². The molecule has 0 saturated carbocycles. The van der Waals surface area contributed by atoms with Crippen molar-refractivity contribution in [3.05, 3.63) is 40.2 Å². The minimum absolute atomic E-state index is 0.130. The number of rotatable bonds is 4. The molecule has 2 aromatic rings. The Balaban J connectivity index is 2.71.